The maximum Gasteiger partial charge on any atom is 0.254 e. The van der Waals surface area contributed by atoms with Crippen LogP contribution in [-0.2, 0) is 19.1 Å². The van der Waals surface area contributed by atoms with Gasteiger partial charge in [-0.3, -0.25) is 9.59 Å². The van der Waals surface area contributed by atoms with Gasteiger partial charge < -0.3 is 29.0 Å². The van der Waals surface area contributed by atoms with Crippen molar-refractivity contribution in [3.8, 4) is 16.3 Å². The average Bonchev–Trinajstić information content (AvgIpc) is 3.73. The third-order valence-electron chi connectivity index (χ3n) is 7.43. The van der Waals surface area contributed by atoms with Crippen LogP contribution in [-0.4, -0.2) is 65.6 Å². The Bertz CT molecular complexity index is 1300. The summed E-state index contributed by atoms with van der Waals surface area (Å²) in [7, 11) is 0. The van der Waals surface area contributed by atoms with Gasteiger partial charge in [0.2, 0.25) is 11.8 Å². The van der Waals surface area contributed by atoms with Crippen molar-refractivity contribution in [2.45, 2.75) is 78.7 Å². The van der Waals surface area contributed by atoms with Crippen molar-refractivity contribution in [1.82, 2.24) is 20.4 Å². The summed E-state index contributed by atoms with van der Waals surface area (Å²) in [4.78, 5) is 34.5. The molecule has 228 valence electrons. The van der Waals surface area contributed by atoms with Gasteiger partial charge in [0.25, 0.3) is 5.88 Å². The molecular formula is C31H42N4O6S. The number of nitrogens with zero attached hydrogens (tertiary/aromatic N) is 3. The lowest BCUT2D eigenvalue weighted by Crippen LogP contribution is -2.48. The van der Waals surface area contributed by atoms with Gasteiger partial charge >= 0.3 is 0 Å². The first-order valence-corrected chi connectivity index (χ1v) is 15.5. The lowest BCUT2D eigenvalue weighted by Gasteiger charge is -2.29. The highest BCUT2D eigenvalue weighted by Crippen LogP contribution is 2.33. The summed E-state index contributed by atoms with van der Waals surface area (Å²) < 4.78 is 22.3. The molecule has 0 bridgehead atoms. The largest absolute Gasteiger partial charge is 0.470 e. The number of ether oxygens (including phenoxy) is 3. The van der Waals surface area contributed by atoms with Crippen LogP contribution in [0.3, 0.4) is 0 Å². The van der Waals surface area contributed by atoms with Gasteiger partial charge in [0.15, 0.2) is 12.1 Å². The zero-order valence-corrected chi connectivity index (χ0v) is 26.1. The predicted octanol–water partition coefficient (Wildman–Crippen LogP) is 5.49. The Hall–Kier alpha value is -3.28. The van der Waals surface area contributed by atoms with Crippen molar-refractivity contribution in [2.24, 2.45) is 5.92 Å². The number of carbonyl (C=O) groups excluding carboxylic acids is 2. The Labute approximate surface area is 251 Å². The SMILES string of the molecule is CCOC(COc1cc(C(C(=O)N2CCCC2C(=O)NC(C)c2ccc(-c3scnc3C)cc2)C(C)C)on1)OCC. The zero-order valence-electron chi connectivity index (χ0n) is 25.3. The minimum atomic E-state index is -0.599. The minimum Gasteiger partial charge on any atom is -0.470 e. The summed E-state index contributed by atoms with van der Waals surface area (Å²) in [6.07, 6.45) is 0.849. The summed E-state index contributed by atoms with van der Waals surface area (Å²) in [5.74, 6) is -0.319. The van der Waals surface area contributed by atoms with Crippen LogP contribution in [0.25, 0.3) is 10.4 Å². The molecular weight excluding hydrogens is 556 g/mol. The van der Waals surface area contributed by atoms with E-state index in [-0.39, 0.29) is 36.3 Å². The summed E-state index contributed by atoms with van der Waals surface area (Å²) in [5.41, 5.74) is 4.95. The maximum atomic E-state index is 13.9. The standard InChI is InChI=1S/C31H42N4O6S/c1-7-38-27(39-8-2)17-40-26-16-25(41-34-26)28(19(3)4)31(37)35-15-9-10-24(35)30(36)33-20(5)22-11-13-23(14-12-22)29-21(6)32-18-42-29/h11-14,16,18-20,24,27-28H,7-10,15,17H2,1-6H3,(H,33,36). The first-order valence-electron chi connectivity index (χ1n) is 14.7. The Balaban J connectivity index is 1.40. The predicted molar refractivity (Wildman–Crippen MR) is 160 cm³/mol. The van der Waals surface area contributed by atoms with Gasteiger partial charge in [-0.05, 0) is 62.7 Å². The lowest BCUT2D eigenvalue weighted by molar-refractivity contribution is -0.153. The number of amides is 2. The third-order valence-corrected chi connectivity index (χ3v) is 8.41. The van der Waals surface area contributed by atoms with Crippen LogP contribution < -0.4 is 10.1 Å². The van der Waals surface area contributed by atoms with Gasteiger partial charge in [0.1, 0.15) is 18.6 Å². The molecule has 4 rings (SSSR count). The Kier molecular flexibility index (Phi) is 11.1. The van der Waals surface area contributed by atoms with Crippen LogP contribution in [0.2, 0.25) is 0 Å². The number of hydrogen-bond donors (Lipinski definition) is 1. The van der Waals surface area contributed by atoms with Gasteiger partial charge in [-0.15, -0.1) is 11.3 Å². The molecule has 2 amide bonds. The highest BCUT2D eigenvalue weighted by atomic mass is 32.1. The molecule has 1 aromatic carbocycles. The van der Waals surface area contributed by atoms with Crippen molar-refractivity contribution in [2.75, 3.05) is 26.4 Å². The van der Waals surface area contributed by atoms with E-state index < -0.39 is 18.2 Å². The van der Waals surface area contributed by atoms with Crippen molar-refractivity contribution in [3.63, 3.8) is 0 Å². The first kappa shape index (κ1) is 31.7. The number of hydrogen-bond acceptors (Lipinski definition) is 9. The molecule has 10 nitrogen and oxygen atoms in total. The van der Waals surface area contributed by atoms with Crippen LogP contribution in [0.1, 0.15) is 76.4 Å². The van der Waals surface area contributed by atoms with Gasteiger partial charge in [0.05, 0.1) is 22.1 Å². The number of carbonyl (C=O) groups is 2. The van der Waals surface area contributed by atoms with Crippen molar-refractivity contribution >= 4 is 23.2 Å². The van der Waals surface area contributed by atoms with E-state index >= 15 is 0 Å². The highest BCUT2D eigenvalue weighted by Gasteiger charge is 2.40. The quantitative estimate of drug-likeness (QED) is 0.242. The molecule has 11 heteroatoms. The van der Waals surface area contributed by atoms with Gasteiger partial charge in [-0.2, -0.15) is 0 Å². The van der Waals surface area contributed by atoms with Crippen LogP contribution in [0.4, 0.5) is 0 Å². The Morgan fingerprint density at radius 2 is 1.86 bits per heavy atom. The molecule has 1 fully saturated rings. The molecule has 3 heterocycles. The molecule has 1 N–H and O–H groups in total. The van der Waals surface area contributed by atoms with E-state index in [1.54, 1.807) is 22.3 Å². The number of aryl methyl sites for hydroxylation is 1. The van der Waals surface area contributed by atoms with E-state index in [9.17, 15) is 9.59 Å². The van der Waals surface area contributed by atoms with Crippen LogP contribution in [0, 0.1) is 12.8 Å². The number of nitrogens with one attached hydrogen (secondary N) is 1. The molecule has 42 heavy (non-hydrogen) atoms. The number of rotatable bonds is 14. The molecule has 0 saturated carbocycles. The highest BCUT2D eigenvalue weighted by molar-refractivity contribution is 7.13. The van der Waals surface area contributed by atoms with Gasteiger partial charge in [0, 0.05) is 25.8 Å². The van der Waals surface area contributed by atoms with Crippen molar-refractivity contribution in [3.05, 3.63) is 52.9 Å². The number of likely N-dealkylation sites (tertiary alicyclic amines) is 1. The number of aromatic nitrogens is 2. The van der Waals surface area contributed by atoms with E-state index in [0.29, 0.717) is 31.9 Å². The fourth-order valence-corrected chi connectivity index (χ4v) is 6.08. The van der Waals surface area contributed by atoms with E-state index in [1.165, 1.54) is 0 Å². The zero-order chi connectivity index (χ0) is 30.2. The van der Waals surface area contributed by atoms with E-state index in [4.69, 9.17) is 18.7 Å². The lowest BCUT2D eigenvalue weighted by atomic mass is 9.91. The molecule has 0 spiro atoms. The Morgan fingerprint density at radius 1 is 1.14 bits per heavy atom. The third kappa shape index (κ3) is 7.56. The fourth-order valence-electron chi connectivity index (χ4n) is 5.27. The normalized spacial score (nSPS) is 16.7. The smallest absolute Gasteiger partial charge is 0.254 e. The monoisotopic (exact) mass is 598 g/mol. The summed E-state index contributed by atoms with van der Waals surface area (Å²) in [5, 5.41) is 7.14. The van der Waals surface area contributed by atoms with Crippen LogP contribution >= 0.6 is 11.3 Å². The van der Waals surface area contributed by atoms with Crippen molar-refractivity contribution < 1.29 is 28.3 Å². The fraction of sp³-hybridized carbons (Fsp3) is 0.548. The van der Waals surface area contributed by atoms with Gasteiger partial charge in [-0.25, -0.2) is 4.98 Å². The minimum absolute atomic E-state index is 0.0816. The number of benzene rings is 1. The molecule has 3 unspecified atom stereocenters. The average molecular weight is 599 g/mol. The molecule has 0 aliphatic carbocycles. The molecule has 1 aliphatic heterocycles. The summed E-state index contributed by atoms with van der Waals surface area (Å²) in [6, 6.07) is 9.06. The van der Waals surface area contributed by atoms with E-state index in [1.807, 2.05) is 59.2 Å². The molecule has 2 aromatic heterocycles. The second-order valence-electron chi connectivity index (χ2n) is 10.7. The van der Waals surface area contributed by atoms with Crippen LogP contribution in [0.5, 0.6) is 5.88 Å². The van der Waals surface area contributed by atoms with E-state index in [2.05, 4.69) is 27.6 Å². The second-order valence-corrected chi connectivity index (χ2v) is 11.6. The van der Waals surface area contributed by atoms with Crippen molar-refractivity contribution in [1.29, 1.82) is 0 Å². The molecule has 1 saturated heterocycles. The Morgan fingerprint density at radius 3 is 2.48 bits per heavy atom. The summed E-state index contributed by atoms with van der Waals surface area (Å²) >= 11 is 1.61. The maximum absolute atomic E-state index is 13.9. The molecule has 1 aliphatic rings. The summed E-state index contributed by atoms with van der Waals surface area (Å²) in [6.45, 7) is 13.3. The number of thiazole rings is 1. The molecule has 3 atom stereocenters. The molecule has 0 radical (unpaired) electrons. The van der Waals surface area contributed by atoms with Gasteiger partial charge in [-0.1, -0.05) is 38.1 Å². The molecule has 3 aromatic rings. The topological polar surface area (TPSA) is 116 Å². The van der Waals surface area contributed by atoms with Crippen LogP contribution in [0.15, 0.2) is 40.4 Å². The van der Waals surface area contributed by atoms with E-state index in [0.717, 1.165) is 28.1 Å². The first-order chi connectivity index (χ1) is 20.2. The second kappa shape index (κ2) is 14.8.